The summed E-state index contributed by atoms with van der Waals surface area (Å²) in [5.74, 6) is 0. The van der Waals surface area contributed by atoms with Gasteiger partial charge < -0.3 is 0 Å². The van der Waals surface area contributed by atoms with Gasteiger partial charge in [-0.2, -0.15) is 0 Å². The summed E-state index contributed by atoms with van der Waals surface area (Å²) < 4.78 is 1.53. The van der Waals surface area contributed by atoms with Crippen molar-refractivity contribution in [2.45, 2.75) is 82.0 Å². The fraction of sp³-hybridized carbons (Fsp3) is 1.00. The third-order valence-electron chi connectivity index (χ3n) is 2.87. The Morgan fingerprint density at radius 3 is 1.47 bits per heavy atom. The quantitative estimate of drug-likeness (QED) is 0.299. The molecule has 0 aromatic rings. The number of hydrogen-bond acceptors (Lipinski definition) is 0. The monoisotopic (exact) mass is 382 g/mol. The third kappa shape index (κ3) is 15.3. The van der Waals surface area contributed by atoms with Gasteiger partial charge in [0.25, 0.3) is 0 Å². The number of halogens is 1. The molecule has 0 heterocycles. The average molecular weight is 382 g/mol. The van der Waals surface area contributed by atoms with Crippen molar-refractivity contribution in [3.63, 3.8) is 0 Å². The van der Waals surface area contributed by atoms with Crippen LogP contribution in [0.3, 0.4) is 0 Å². The van der Waals surface area contributed by atoms with Crippen molar-refractivity contribution >= 4 is 31.6 Å². The molecule has 0 aromatic carbocycles. The van der Waals surface area contributed by atoms with Gasteiger partial charge in [-0.25, -0.2) is 0 Å². The van der Waals surface area contributed by atoms with E-state index in [9.17, 15) is 0 Å². The molecule has 0 fully saturated rings. The van der Waals surface area contributed by atoms with Crippen molar-refractivity contribution in [1.29, 1.82) is 0 Å². The van der Waals surface area contributed by atoms with Crippen LogP contribution in [0.2, 0.25) is 4.44 Å². The molecule has 0 spiro atoms. The number of unbranched alkanes of at least 4 members (excludes halogenated alkanes) is 10. The molecule has 0 saturated heterocycles. The topological polar surface area (TPSA) is 0 Å². The molecular weight excluding hydrogens is 355 g/mol. The number of rotatable bonds is 12. The molecule has 0 amide bonds. The molecule has 0 rings (SSSR count). The van der Waals surface area contributed by atoms with Crippen molar-refractivity contribution < 1.29 is 0 Å². The summed E-state index contributed by atoms with van der Waals surface area (Å²) in [5.41, 5.74) is 0. The Labute approximate surface area is 113 Å². The van der Waals surface area contributed by atoms with Crippen molar-refractivity contribution in [3.05, 3.63) is 0 Å². The fourth-order valence-electron chi connectivity index (χ4n) is 1.86. The standard InChI is InChI=1S/C13H27.BrH.Sn/c1-3-5-7-9-11-13-12-10-8-6-4-2;;/h1,3-13H2,2H3;1H;/q;;+3/p-1. The zero-order valence-electron chi connectivity index (χ0n) is 10.4. The zero-order chi connectivity index (χ0) is 11.2. The minimum absolute atomic E-state index is 0.0567. The van der Waals surface area contributed by atoms with Gasteiger partial charge in [0, 0.05) is 0 Å². The molecule has 88 valence electrons. The van der Waals surface area contributed by atoms with E-state index >= 15 is 0 Å². The molecule has 0 radical (unpaired) electrons. The maximum absolute atomic E-state index is 3.64. The Balaban J connectivity index is 2.81. The Kier molecular flexibility index (Phi) is 16.6. The van der Waals surface area contributed by atoms with E-state index in [4.69, 9.17) is 0 Å². The summed E-state index contributed by atoms with van der Waals surface area (Å²) in [6.45, 7) is 2.29. The van der Waals surface area contributed by atoms with Crippen LogP contribution in [0.1, 0.15) is 77.6 Å². The Bertz CT molecular complexity index is 94.7. The van der Waals surface area contributed by atoms with Crippen molar-refractivity contribution in [1.82, 2.24) is 0 Å². The second-order valence-corrected chi connectivity index (χ2v) is 10.4. The van der Waals surface area contributed by atoms with Crippen LogP contribution in [0.5, 0.6) is 0 Å². The molecule has 0 aliphatic rings. The Hall–Kier alpha value is 1.28. The first kappa shape index (κ1) is 16.3. The number of hydrogen-bond donors (Lipinski definition) is 0. The Morgan fingerprint density at radius 1 is 0.667 bits per heavy atom. The molecule has 15 heavy (non-hydrogen) atoms. The summed E-state index contributed by atoms with van der Waals surface area (Å²) in [5, 5.41) is 0. The normalized spacial score (nSPS) is 10.3. The summed E-state index contributed by atoms with van der Waals surface area (Å²) >= 11 is 3.59. The van der Waals surface area contributed by atoms with E-state index in [1.807, 2.05) is 0 Å². The minimum atomic E-state index is -0.0567. The molecule has 0 saturated carbocycles. The van der Waals surface area contributed by atoms with Gasteiger partial charge in [-0.1, -0.05) is 6.92 Å². The average Bonchev–Trinajstić information content (AvgIpc) is 2.26. The first-order valence-corrected chi connectivity index (χ1v) is 15.2. The van der Waals surface area contributed by atoms with Crippen LogP contribution in [0.15, 0.2) is 0 Å². The van der Waals surface area contributed by atoms with Gasteiger partial charge in [0.05, 0.1) is 0 Å². The summed E-state index contributed by atoms with van der Waals surface area (Å²) in [6.07, 6.45) is 16.2. The molecule has 0 aliphatic carbocycles. The van der Waals surface area contributed by atoms with Gasteiger partial charge in [-0.05, 0) is 0 Å². The molecule has 0 aromatic heterocycles. The maximum atomic E-state index is 3.64. The van der Waals surface area contributed by atoms with Gasteiger partial charge in [-0.3, -0.25) is 0 Å². The summed E-state index contributed by atoms with van der Waals surface area (Å²) in [7, 11) is 0. The van der Waals surface area contributed by atoms with E-state index in [2.05, 4.69) is 19.6 Å². The van der Waals surface area contributed by atoms with Gasteiger partial charge >= 0.3 is 107 Å². The second kappa shape index (κ2) is 15.3. The van der Waals surface area contributed by atoms with Crippen LogP contribution < -0.4 is 0 Å². The first-order valence-electron chi connectivity index (χ1n) is 6.75. The molecule has 2 heteroatoms. The van der Waals surface area contributed by atoms with Gasteiger partial charge in [0.15, 0.2) is 0 Å². The van der Waals surface area contributed by atoms with E-state index in [1.165, 1.54) is 75.1 Å². The van der Waals surface area contributed by atoms with Crippen LogP contribution in [-0.4, -0.2) is 18.9 Å². The van der Waals surface area contributed by atoms with Gasteiger partial charge in [-0.15, -0.1) is 0 Å². The summed E-state index contributed by atoms with van der Waals surface area (Å²) in [6, 6.07) is 0. The molecular formula is C13H27BrSn+2. The van der Waals surface area contributed by atoms with E-state index < -0.39 is 0 Å². The predicted molar refractivity (Wildman–Crippen MR) is 75.9 cm³/mol. The summed E-state index contributed by atoms with van der Waals surface area (Å²) in [4.78, 5) is 0. The van der Waals surface area contributed by atoms with Crippen molar-refractivity contribution in [2.24, 2.45) is 0 Å². The predicted octanol–water partition coefficient (Wildman–Crippen LogP) is 5.73. The van der Waals surface area contributed by atoms with E-state index in [1.54, 1.807) is 0 Å². The van der Waals surface area contributed by atoms with Crippen molar-refractivity contribution in [3.8, 4) is 0 Å². The van der Waals surface area contributed by atoms with Crippen molar-refractivity contribution in [2.75, 3.05) is 0 Å². The van der Waals surface area contributed by atoms with E-state index in [0.717, 1.165) is 0 Å². The first-order chi connectivity index (χ1) is 7.41. The molecule has 0 N–H and O–H groups in total. The van der Waals surface area contributed by atoms with Crippen LogP contribution in [0, 0.1) is 0 Å². The van der Waals surface area contributed by atoms with E-state index in [-0.39, 0.29) is 18.9 Å². The molecule has 0 nitrogen and oxygen atoms in total. The molecule has 0 aliphatic heterocycles. The molecule has 0 bridgehead atoms. The fourth-order valence-corrected chi connectivity index (χ4v) is 4.83. The third-order valence-corrected chi connectivity index (χ3v) is 7.08. The second-order valence-electron chi connectivity index (χ2n) is 4.42. The van der Waals surface area contributed by atoms with Crippen LogP contribution in [-0.2, 0) is 0 Å². The van der Waals surface area contributed by atoms with E-state index in [0.29, 0.717) is 0 Å². The van der Waals surface area contributed by atoms with Gasteiger partial charge in [0.2, 0.25) is 0 Å². The zero-order valence-corrected chi connectivity index (χ0v) is 14.8. The van der Waals surface area contributed by atoms with Gasteiger partial charge in [0.1, 0.15) is 0 Å². The van der Waals surface area contributed by atoms with Crippen LogP contribution >= 0.6 is 12.7 Å². The van der Waals surface area contributed by atoms with Crippen LogP contribution in [0.4, 0.5) is 0 Å². The molecule has 0 atom stereocenters. The van der Waals surface area contributed by atoms with Crippen LogP contribution in [0.25, 0.3) is 0 Å². The Morgan fingerprint density at radius 2 is 1.07 bits per heavy atom. The molecule has 0 unspecified atom stereocenters. The SMILES string of the molecule is CCCCCCCCCCCC[CH2][Sn+2][Br].